The average molecular weight is 475 g/mol. The van der Waals surface area contributed by atoms with Gasteiger partial charge in [0.15, 0.2) is 5.03 Å². The number of amides is 1. The molecule has 0 aliphatic carbocycles. The van der Waals surface area contributed by atoms with Gasteiger partial charge in [-0.3, -0.25) is 9.36 Å². The molecule has 1 aromatic heterocycles. The van der Waals surface area contributed by atoms with E-state index in [-0.39, 0.29) is 23.3 Å². The lowest BCUT2D eigenvalue weighted by molar-refractivity contribution is -0.124. The van der Waals surface area contributed by atoms with E-state index in [1.807, 2.05) is 0 Å². The molecule has 1 aliphatic rings. The molecule has 0 saturated heterocycles. The van der Waals surface area contributed by atoms with Gasteiger partial charge in [-0.25, -0.2) is 23.0 Å². The highest BCUT2D eigenvalue weighted by molar-refractivity contribution is 7.89. The highest BCUT2D eigenvalue weighted by Gasteiger charge is 2.51. The Labute approximate surface area is 191 Å². The van der Waals surface area contributed by atoms with Crippen LogP contribution >= 0.6 is 23.2 Å². The van der Waals surface area contributed by atoms with Crippen LogP contribution < -0.4 is 15.1 Å². The molecule has 7 nitrogen and oxygen atoms in total. The lowest BCUT2D eigenvalue weighted by atomic mass is 9.89. The first-order valence-corrected chi connectivity index (χ1v) is 11.5. The van der Waals surface area contributed by atoms with E-state index in [1.165, 1.54) is 22.7 Å². The highest BCUT2D eigenvalue weighted by Crippen LogP contribution is 2.44. The normalized spacial score (nSPS) is 18.5. The number of fused-ring (bicyclic) bond motifs is 1. The van der Waals surface area contributed by atoms with Crippen molar-refractivity contribution in [2.45, 2.75) is 23.9 Å². The Hall–Kier alpha value is -2.33. The topological polar surface area (TPSA) is 84.3 Å². The molecule has 158 valence electrons. The molecule has 1 amide bonds. The third-order valence-corrected chi connectivity index (χ3v) is 7.06. The van der Waals surface area contributed by atoms with Crippen molar-refractivity contribution in [3.05, 3.63) is 64.3 Å². The van der Waals surface area contributed by atoms with Gasteiger partial charge in [0.05, 0.1) is 11.9 Å². The molecular weight excluding hydrogens is 458 g/mol. The van der Waals surface area contributed by atoms with Crippen LogP contribution in [-0.2, 0) is 26.8 Å². The summed E-state index contributed by atoms with van der Waals surface area (Å²) in [6.07, 6.45) is 1.44. The molecule has 2 aromatic carbocycles. The minimum Gasteiger partial charge on any atom is -0.284 e. The maximum absolute atomic E-state index is 13.7. The van der Waals surface area contributed by atoms with Crippen LogP contribution in [0.1, 0.15) is 12.5 Å². The van der Waals surface area contributed by atoms with Crippen LogP contribution in [0.2, 0.25) is 10.0 Å². The third-order valence-electron chi connectivity index (χ3n) is 5.25. The molecular formula is C20H17BCl2N4O3S. The second-order valence-electron chi connectivity index (χ2n) is 7.40. The van der Waals surface area contributed by atoms with Gasteiger partial charge in [0.25, 0.3) is 15.9 Å². The van der Waals surface area contributed by atoms with Crippen LogP contribution in [0.4, 0.5) is 11.6 Å². The second kappa shape index (κ2) is 7.67. The number of halogens is 2. The van der Waals surface area contributed by atoms with E-state index >= 15 is 0 Å². The van der Waals surface area contributed by atoms with Crippen LogP contribution in [0.15, 0.2) is 53.7 Å². The highest BCUT2D eigenvalue weighted by atomic mass is 35.5. The monoisotopic (exact) mass is 474 g/mol. The van der Waals surface area contributed by atoms with Crippen molar-refractivity contribution in [2.24, 2.45) is 0 Å². The molecule has 0 fully saturated rings. The van der Waals surface area contributed by atoms with E-state index in [0.717, 1.165) is 5.56 Å². The predicted molar refractivity (Wildman–Crippen MR) is 121 cm³/mol. The van der Waals surface area contributed by atoms with Gasteiger partial charge in [0.1, 0.15) is 13.4 Å². The van der Waals surface area contributed by atoms with Crippen molar-refractivity contribution < 1.29 is 13.2 Å². The smallest absolute Gasteiger partial charge is 0.260 e. The molecule has 1 N–H and O–H groups in total. The molecule has 4 rings (SSSR count). The fraction of sp³-hybridized carbons (Fsp3) is 0.200. The van der Waals surface area contributed by atoms with E-state index < -0.39 is 15.6 Å². The number of imidazole rings is 1. The molecule has 31 heavy (non-hydrogen) atoms. The number of benzene rings is 2. The second-order valence-corrected chi connectivity index (χ2v) is 10.1. The van der Waals surface area contributed by atoms with Crippen molar-refractivity contribution in [3.63, 3.8) is 0 Å². The lowest BCUT2D eigenvalue weighted by Crippen LogP contribution is -2.42. The van der Waals surface area contributed by atoms with Crippen molar-refractivity contribution in [2.75, 3.05) is 11.9 Å². The minimum atomic E-state index is -3.90. The molecule has 1 aliphatic heterocycles. The number of hydrogen-bond acceptors (Lipinski definition) is 4. The predicted octanol–water partition coefficient (Wildman–Crippen LogP) is 2.53. The number of aromatic nitrogens is 2. The van der Waals surface area contributed by atoms with Gasteiger partial charge in [-0.1, -0.05) is 52.9 Å². The van der Waals surface area contributed by atoms with Gasteiger partial charge < -0.3 is 0 Å². The van der Waals surface area contributed by atoms with E-state index in [2.05, 4.69) is 9.71 Å². The minimum absolute atomic E-state index is 0.119. The molecule has 2 heterocycles. The lowest BCUT2D eigenvalue weighted by Gasteiger charge is -2.26. The van der Waals surface area contributed by atoms with Crippen molar-refractivity contribution in [1.82, 2.24) is 14.3 Å². The summed E-state index contributed by atoms with van der Waals surface area (Å²) in [5.41, 5.74) is 0.506. The summed E-state index contributed by atoms with van der Waals surface area (Å²) in [4.78, 5) is 19.4. The number of hydrogen-bond donors (Lipinski definition) is 1. The van der Waals surface area contributed by atoms with Crippen LogP contribution in [0.5, 0.6) is 0 Å². The zero-order valence-electron chi connectivity index (χ0n) is 16.6. The molecule has 0 saturated carbocycles. The van der Waals surface area contributed by atoms with E-state index in [4.69, 9.17) is 31.0 Å². The molecule has 0 unspecified atom stereocenters. The fourth-order valence-corrected chi connectivity index (χ4v) is 5.20. The SMILES string of the molecule is [B]c1ccc(C[C@]2(C)C(=O)N(c3cc(Cl)cc(Cl)c3)c3ncc(S(=O)(=O)NC)n32)cc1. The van der Waals surface area contributed by atoms with Gasteiger partial charge in [-0.05, 0) is 37.7 Å². The summed E-state index contributed by atoms with van der Waals surface area (Å²) in [5, 5.41) is 0.555. The number of nitrogens with zero attached hydrogens (tertiary/aromatic N) is 3. The summed E-state index contributed by atoms with van der Waals surface area (Å²) in [5.74, 6) is -0.201. The van der Waals surface area contributed by atoms with Gasteiger partial charge in [0.2, 0.25) is 5.95 Å². The summed E-state index contributed by atoms with van der Waals surface area (Å²) in [6, 6.07) is 11.8. The molecule has 3 aromatic rings. The van der Waals surface area contributed by atoms with Crippen molar-refractivity contribution in [3.8, 4) is 0 Å². The first kappa shape index (κ1) is 21.9. The largest absolute Gasteiger partial charge is 0.284 e. The Morgan fingerprint density at radius 1 is 1.13 bits per heavy atom. The van der Waals surface area contributed by atoms with E-state index in [9.17, 15) is 13.2 Å². The zero-order valence-corrected chi connectivity index (χ0v) is 19.0. The van der Waals surface area contributed by atoms with Crippen LogP contribution in [0.25, 0.3) is 0 Å². The van der Waals surface area contributed by atoms with Crippen LogP contribution in [0, 0.1) is 0 Å². The van der Waals surface area contributed by atoms with E-state index in [1.54, 1.807) is 49.4 Å². The standard InChI is InChI=1S/C20H17BCl2N4O3S/c1-20(10-12-3-5-13(21)6-4-12)18(28)26(16-8-14(22)7-15(23)9-16)19-25-11-17(27(19)20)31(29,30)24-2/h3-9,11,24H,10H2,1-2H3/t20-/m1/s1. The first-order chi connectivity index (χ1) is 14.6. The third kappa shape index (κ3) is 3.65. The number of carbonyl (C=O) groups is 1. The first-order valence-electron chi connectivity index (χ1n) is 9.23. The van der Waals surface area contributed by atoms with Crippen LogP contribution in [0.3, 0.4) is 0 Å². The molecule has 2 radical (unpaired) electrons. The Morgan fingerprint density at radius 3 is 2.32 bits per heavy atom. The fourth-order valence-electron chi connectivity index (χ4n) is 3.76. The number of sulfonamides is 1. The van der Waals surface area contributed by atoms with Gasteiger partial charge in [0, 0.05) is 16.5 Å². The summed E-state index contributed by atoms with van der Waals surface area (Å²) in [7, 11) is 3.19. The zero-order chi connectivity index (χ0) is 22.6. The Balaban J connectivity index is 1.93. The summed E-state index contributed by atoms with van der Waals surface area (Å²) < 4.78 is 29.1. The maximum atomic E-state index is 13.7. The number of rotatable bonds is 5. The van der Waals surface area contributed by atoms with E-state index in [0.29, 0.717) is 21.2 Å². The average Bonchev–Trinajstić information content (AvgIpc) is 3.22. The summed E-state index contributed by atoms with van der Waals surface area (Å²) in [6.45, 7) is 1.68. The van der Waals surface area contributed by atoms with Crippen molar-refractivity contribution >= 4 is 64.1 Å². The molecule has 1 atom stereocenters. The Bertz CT molecular complexity index is 1270. The Kier molecular flexibility index (Phi) is 5.41. The number of anilines is 2. The van der Waals surface area contributed by atoms with Gasteiger partial charge >= 0.3 is 0 Å². The molecule has 0 spiro atoms. The maximum Gasteiger partial charge on any atom is 0.260 e. The quantitative estimate of drug-likeness (QED) is 0.576. The van der Waals surface area contributed by atoms with Gasteiger partial charge in [-0.15, -0.1) is 0 Å². The molecule has 0 bridgehead atoms. The summed E-state index contributed by atoms with van der Waals surface area (Å²) >= 11 is 12.3. The number of carbonyl (C=O) groups excluding carboxylic acids is 1. The van der Waals surface area contributed by atoms with Crippen LogP contribution in [-0.4, -0.2) is 38.8 Å². The molecule has 11 heteroatoms. The Morgan fingerprint density at radius 2 is 1.74 bits per heavy atom. The van der Waals surface area contributed by atoms with Gasteiger partial charge in [-0.2, -0.15) is 0 Å². The number of nitrogens with one attached hydrogen (secondary N) is 1. The van der Waals surface area contributed by atoms with Crippen molar-refractivity contribution in [1.29, 1.82) is 0 Å².